The highest BCUT2D eigenvalue weighted by Crippen LogP contribution is 2.29. The quantitative estimate of drug-likeness (QED) is 0.192. The molecule has 8 nitrogen and oxygen atoms in total. The Morgan fingerprint density at radius 2 is 1.84 bits per heavy atom. The summed E-state index contributed by atoms with van der Waals surface area (Å²) in [6.07, 6.45) is 0.393. The van der Waals surface area contributed by atoms with Crippen molar-refractivity contribution >= 4 is 28.6 Å². The molecule has 1 N–H and O–H groups in total. The van der Waals surface area contributed by atoms with Crippen molar-refractivity contribution in [2.45, 2.75) is 45.9 Å². The lowest BCUT2D eigenvalue weighted by Crippen LogP contribution is -2.36. The Labute approximate surface area is 264 Å². The number of aryl methyl sites for hydroxylation is 1. The maximum atomic E-state index is 12.7. The molecule has 1 fully saturated rings. The molecule has 2 heterocycles. The number of amidine groups is 1. The minimum absolute atomic E-state index is 0.299. The van der Waals surface area contributed by atoms with E-state index in [2.05, 4.69) is 56.0 Å². The summed E-state index contributed by atoms with van der Waals surface area (Å²) >= 11 is 1.62. The number of urea groups is 1. The molecule has 0 bridgehead atoms. The van der Waals surface area contributed by atoms with Crippen LogP contribution in [0.25, 0.3) is 17.1 Å². The number of aliphatic imine (C=N–C) groups is 1. The van der Waals surface area contributed by atoms with Gasteiger partial charge in [0.15, 0.2) is 11.0 Å². The van der Waals surface area contributed by atoms with Gasteiger partial charge >= 0.3 is 12.4 Å². The molecular weight excluding hydrogens is 601 g/mol. The number of nitrogens with zero attached hydrogens (tertiary/aromatic N) is 5. The summed E-state index contributed by atoms with van der Waals surface area (Å²) in [7, 11) is 0. The Hall–Kier alpha value is -4.32. The summed E-state index contributed by atoms with van der Waals surface area (Å²) < 4.78 is 42.7. The number of ether oxygens (including phenoxy) is 1. The number of rotatable bonds is 10. The van der Waals surface area contributed by atoms with E-state index in [1.54, 1.807) is 11.8 Å². The molecule has 4 aromatic rings. The number of para-hydroxylation sites is 1. The van der Waals surface area contributed by atoms with E-state index in [9.17, 15) is 18.0 Å². The van der Waals surface area contributed by atoms with Crippen molar-refractivity contribution in [2.24, 2.45) is 10.9 Å². The Balaban J connectivity index is 1.10. The molecule has 3 aromatic carbocycles. The number of aromatic nitrogens is 3. The van der Waals surface area contributed by atoms with E-state index >= 15 is 0 Å². The van der Waals surface area contributed by atoms with Crippen LogP contribution in [0.1, 0.15) is 37.8 Å². The van der Waals surface area contributed by atoms with Crippen molar-refractivity contribution < 1.29 is 22.7 Å². The lowest BCUT2D eigenvalue weighted by Gasteiger charge is -2.31. The highest BCUT2D eigenvalue weighted by Gasteiger charge is 2.31. The van der Waals surface area contributed by atoms with E-state index in [1.807, 2.05) is 36.4 Å². The van der Waals surface area contributed by atoms with Gasteiger partial charge in [0.25, 0.3) is 0 Å². The molecule has 236 valence electrons. The predicted molar refractivity (Wildman–Crippen MR) is 172 cm³/mol. The van der Waals surface area contributed by atoms with E-state index in [0.29, 0.717) is 24.0 Å². The number of carbonyl (C=O) groups is 1. The van der Waals surface area contributed by atoms with Gasteiger partial charge in [0.05, 0.1) is 5.69 Å². The van der Waals surface area contributed by atoms with Gasteiger partial charge in [-0.2, -0.15) is 4.99 Å². The van der Waals surface area contributed by atoms with Crippen LogP contribution in [-0.4, -0.2) is 51.2 Å². The van der Waals surface area contributed by atoms with Crippen molar-refractivity contribution in [1.29, 1.82) is 0 Å². The fourth-order valence-corrected chi connectivity index (χ4v) is 6.06. The first kappa shape index (κ1) is 32.1. The van der Waals surface area contributed by atoms with Crippen molar-refractivity contribution in [1.82, 2.24) is 20.1 Å². The molecule has 0 aliphatic carbocycles. The minimum Gasteiger partial charge on any atom is -0.406 e. The summed E-state index contributed by atoms with van der Waals surface area (Å²) in [5, 5.41) is 8.18. The molecule has 1 aliphatic rings. The molecule has 2 amide bonds. The number of halogens is 3. The molecule has 1 unspecified atom stereocenters. The zero-order valence-corrected chi connectivity index (χ0v) is 25.9. The molecule has 0 spiro atoms. The van der Waals surface area contributed by atoms with Gasteiger partial charge in [0.2, 0.25) is 0 Å². The van der Waals surface area contributed by atoms with Gasteiger partial charge in [-0.1, -0.05) is 68.1 Å². The van der Waals surface area contributed by atoms with Gasteiger partial charge in [-0.3, -0.25) is 0 Å². The molecule has 0 saturated carbocycles. The topological polar surface area (TPSA) is 84.6 Å². The average molecular weight is 637 g/mol. The third-order valence-corrected chi connectivity index (χ3v) is 8.45. The van der Waals surface area contributed by atoms with Crippen LogP contribution in [0, 0.1) is 5.92 Å². The maximum Gasteiger partial charge on any atom is 0.573 e. The Kier molecular flexibility index (Phi) is 10.4. The molecule has 1 aromatic heterocycles. The molecule has 1 saturated heterocycles. The highest BCUT2D eigenvalue weighted by molar-refractivity contribution is 8.14. The van der Waals surface area contributed by atoms with Crippen LogP contribution in [0.2, 0.25) is 0 Å². The van der Waals surface area contributed by atoms with E-state index in [0.717, 1.165) is 60.0 Å². The zero-order chi connectivity index (χ0) is 31.8. The summed E-state index contributed by atoms with van der Waals surface area (Å²) in [5.41, 5.74) is 4.90. The van der Waals surface area contributed by atoms with Crippen LogP contribution in [-0.2, 0) is 12.8 Å². The number of benzene rings is 3. The van der Waals surface area contributed by atoms with Gasteiger partial charge in [0, 0.05) is 30.1 Å². The first-order valence-corrected chi connectivity index (χ1v) is 15.9. The number of hydrogen-bond acceptors (Lipinski definition) is 5. The smallest absolute Gasteiger partial charge is 0.406 e. The minimum atomic E-state index is -4.74. The average Bonchev–Trinajstić information content (AvgIpc) is 3.52. The lowest BCUT2D eigenvalue weighted by atomic mass is 9.97. The third kappa shape index (κ3) is 8.87. The molecule has 1 aliphatic heterocycles. The third-order valence-electron chi connectivity index (χ3n) is 7.38. The summed E-state index contributed by atoms with van der Waals surface area (Å²) in [6, 6.07) is 21.4. The first-order valence-electron chi connectivity index (χ1n) is 14.9. The Morgan fingerprint density at radius 3 is 2.58 bits per heavy atom. The lowest BCUT2D eigenvalue weighted by molar-refractivity contribution is -0.274. The van der Waals surface area contributed by atoms with Crippen LogP contribution in [0.15, 0.2) is 84.1 Å². The molecule has 5 rings (SSSR count). The first-order chi connectivity index (χ1) is 21.7. The highest BCUT2D eigenvalue weighted by atomic mass is 32.2. The second-order valence-electron chi connectivity index (χ2n) is 10.8. The monoisotopic (exact) mass is 636 g/mol. The number of carbonyl (C=O) groups excluding carboxylic acids is 1. The van der Waals surface area contributed by atoms with Crippen molar-refractivity contribution in [2.75, 3.05) is 23.7 Å². The molecule has 12 heteroatoms. The maximum absolute atomic E-state index is 12.7. The van der Waals surface area contributed by atoms with Crippen LogP contribution in [0.5, 0.6) is 5.75 Å². The molecule has 45 heavy (non-hydrogen) atoms. The van der Waals surface area contributed by atoms with Crippen LogP contribution >= 0.6 is 11.8 Å². The van der Waals surface area contributed by atoms with E-state index in [1.165, 1.54) is 40.8 Å². The van der Waals surface area contributed by atoms with Gasteiger partial charge in [-0.05, 0) is 73.1 Å². The normalized spacial score (nSPS) is 15.2. The van der Waals surface area contributed by atoms with Gasteiger partial charge < -0.3 is 15.0 Å². The van der Waals surface area contributed by atoms with Crippen molar-refractivity contribution in [3.8, 4) is 22.8 Å². The van der Waals surface area contributed by atoms with E-state index < -0.39 is 6.36 Å². The van der Waals surface area contributed by atoms with Gasteiger partial charge in [0.1, 0.15) is 12.1 Å². The summed E-state index contributed by atoms with van der Waals surface area (Å²) in [5.74, 6) is 1.49. The Bertz CT molecular complexity index is 1610. The fourth-order valence-electron chi connectivity index (χ4n) is 5.12. The van der Waals surface area contributed by atoms with Crippen LogP contribution in [0.4, 0.5) is 23.7 Å². The van der Waals surface area contributed by atoms with Crippen molar-refractivity contribution in [3.05, 3.63) is 90.3 Å². The van der Waals surface area contributed by atoms with E-state index in [-0.39, 0.29) is 11.8 Å². The number of alkyl halides is 3. The molecular formula is C33H35F3N6O2S. The SMILES string of the molecule is CCc1ccccc1N1CCCS/C1=N\C(=O)NCCC(C)Cc1ccc(-c2ncn(-c3ccc(OC(F)(F)F)cc3)n2)cc1. The Morgan fingerprint density at radius 1 is 1.09 bits per heavy atom. The predicted octanol–water partition coefficient (Wildman–Crippen LogP) is 7.67. The second-order valence-corrected chi connectivity index (χ2v) is 11.9. The number of anilines is 1. The molecule has 0 radical (unpaired) electrons. The number of nitrogens with one attached hydrogen (secondary N) is 1. The summed E-state index contributed by atoms with van der Waals surface area (Å²) in [4.78, 5) is 23.6. The zero-order valence-electron chi connectivity index (χ0n) is 25.1. The number of amides is 2. The molecule has 1 atom stereocenters. The number of thioether (sulfide) groups is 1. The van der Waals surface area contributed by atoms with Gasteiger partial charge in [-0.25, -0.2) is 14.5 Å². The largest absolute Gasteiger partial charge is 0.573 e. The van der Waals surface area contributed by atoms with Crippen LogP contribution < -0.4 is 15.0 Å². The number of hydrogen-bond donors (Lipinski definition) is 1. The summed E-state index contributed by atoms with van der Waals surface area (Å²) in [6.45, 7) is 5.67. The van der Waals surface area contributed by atoms with E-state index in [4.69, 9.17) is 0 Å². The van der Waals surface area contributed by atoms with Crippen molar-refractivity contribution in [3.63, 3.8) is 0 Å². The fraction of sp³-hybridized carbons (Fsp3) is 0.333. The van der Waals surface area contributed by atoms with Gasteiger partial charge in [-0.15, -0.1) is 18.3 Å². The van der Waals surface area contributed by atoms with Crippen LogP contribution in [0.3, 0.4) is 0 Å². The standard InChI is InChI=1S/C33H35F3N6O2S/c1-3-25-7-4-5-8-29(25)41-19-6-20-45-32(41)39-31(43)37-18-17-23(2)21-24-9-11-26(12-10-24)30-38-22-42(40-30)27-13-15-28(16-14-27)44-33(34,35)36/h4-5,7-16,22-23H,3,6,17-21H2,1-2H3,(H,37,43)/b39-32-. The second kappa shape index (κ2) is 14.6.